The molecule has 1 rings (SSSR count). The van der Waals surface area contributed by atoms with E-state index in [-0.39, 0.29) is 0 Å². The van der Waals surface area contributed by atoms with E-state index < -0.39 is 0 Å². The first kappa shape index (κ1) is 11.1. The summed E-state index contributed by atoms with van der Waals surface area (Å²) in [5.41, 5.74) is 0. The Hall–Kier alpha value is -0.990. The quantitative estimate of drug-likeness (QED) is 0.783. The summed E-state index contributed by atoms with van der Waals surface area (Å²) in [6.07, 6.45) is 5.03. The van der Waals surface area contributed by atoms with Crippen LogP contribution in [0.25, 0.3) is 0 Å². The van der Waals surface area contributed by atoms with Gasteiger partial charge < -0.3 is 9.88 Å². The maximum Gasteiger partial charge on any atom is 0.203 e. The fraction of sp³-hybridized carbons (Fsp3) is 0.727. The van der Waals surface area contributed by atoms with Gasteiger partial charge in [-0.15, -0.1) is 0 Å². The fourth-order valence-corrected chi connectivity index (χ4v) is 1.30. The number of nitrogens with one attached hydrogen (secondary N) is 1. The molecule has 0 aliphatic rings. The van der Waals surface area contributed by atoms with Crippen molar-refractivity contribution in [1.82, 2.24) is 9.55 Å². The van der Waals surface area contributed by atoms with Crippen LogP contribution in [0.1, 0.15) is 40.2 Å². The van der Waals surface area contributed by atoms with Crippen LogP contribution < -0.4 is 5.32 Å². The standard InChI is InChI=1S/C11H21N3/c1-5-10(4)14-7-6-12-11(14)13-8-9(2)3/h6-7,9-10H,5,8H2,1-4H3,(H,12,13). The molecule has 0 saturated carbocycles. The van der Waals surface area contributed by atoms with Crippen LogP contribution in [0, 0.1) is 5.92 Å². The number of anilines is 1. The second kappa shape index (κ2) is 5.03. The Labute approximate surface area is 86.5 Å². The minimum Gasteiger partial charge on any atom is -0.355 e. The van der Waals surface area contributed by atoms with E-state index in [1.165, 1.54) is 0 Å². The zero-order valence-corrected chi connectivity index (χ0v) is 9.62. The Morgan fingerprint density at radius 1 is 1.43 bits per heavy atom. The van der Waals surface area contributed by atoms with Crippen molar-refractivity contribution in [3.05, 3.63) is 12.4 Å². The van der Waals surface area contributed by atoms with E-state index in [0.717, 1.165) is 18.9 Å². The molecule has 1 atom stereocenters. The molecule has 14 heavy (non-hydrogen) atoms. The average Bonchev–Trinajstić information content (AvgIpc) is 2.61. The molecule has 1 unspecified atom stereocenters. The van der Waals surface area contributed by atoms with Gasteiger partial charge in [-0.2, -0.15) is 0 Å². The molecule has 0 aliphatic heterocycles. The first-order valence-electron chi connectivity index (χ1n) is 5.41. The summed E-state index contributed by atoms with van der Waals surface area (Å²) in [5, 5.41) is 3.36. The molecule has 0 aromatic carbocycles. The predicted molar refractivity (Wildman–Crippen MR) is 60.6 cm³/mol. The topological polar surface area (TPSA) is 29.9 Å². The van der Waals surface area contributed by atoms with Crippen molar-refractivity contribution in [2.75, 3.05) is 11.9 Å². The van der Waals surface area contributed by atoms with Gasteiger partial charge in [0.25, 0.3) is 0 Å². The lowest BCUT2D eigenvalue weighted by Crippen LogP contribution is -2.14. The lowest BCUT2D eigenvalue weighted by Gasteiger charge is -2.15. The second-order valence-corrected chi connectivity index (χ2v) is 4.19. The molecule has 0 spiro atoms. The van der Waals surface area contributed by atoms with Gasteiger partial charge in [-0.1, -0.05) is 20.8 Å². The highest BCUT2D eigenvalue weighted by molar-refractivity contribution is 5.26. The first-order chi connectivity index (χ1) is 6.65. The molecule has 1 aromatic rings. The van der Waals surface area contributed by atoms with Crippen LogP contribution in [0.5, 0.6) is 0 Å². The monoisotopic (exact) mass is 195 g/mol. The van der Waals surface area contributed by atoms with Crippen molar-refractivity contribution in [2.24, 2.45) is 5.92 Å². The van der Waals surface area contributed by atoms with Gasteiger partial charge in [0, 0.05) is 25.0 Å². The minimum absolute atomic E-state index is 0.521. The maximum atomic E-state index is 4.31. The summed E-state index contributed by atoms with van der Waals surface area (Å²) >= 11 is 0. The molecule has 0 aliphatic carbocycles. The molecule has 0 bridgehead atoms. The lowest BCUT2D eigenvalue weighted by molar-refractivity contribution is 0.532. The van der Waals surface area contributed by atoms with Crippen molar-refractivity contribution in [1.29, 1.82) is 0 Å². The predicted octanol–water partition coefficient (Wildman–Crippen LogP) is 2.92. The maximum absolute atomic E-state index is 4.31. The van der Waals surface area contributed by atoms with Gasteiger partial charge in [-0.3, -0.25) is 0 Å². The van der Waals surface area contributed by atoms with Crippen LogP contribution in [0.4, 0.5) is 5.95 Å². The minimum atomic E-state index is 0.521. The van der Waals surface area contributed by atoms with E-state index in [9.17, 15) is 0 Å². The van der Waals surface area contributed by atoms with E-state index in [0.29, 0.717) is 12.0 Å². The molecule has 1 heterocycles. The van der Waals surface area contributed by atoms with E-state index in [4.69, 9.17) is 0 Å². The number of rotatable bonds is 5. The molecule has 3 nitrogen and oxygen atoms in total. The normalized spacial score (nSPS) is 13.2. The molecule has 0 saturated heterocycles. The van der Waals surface area contributed by atoms with Gasteiger partial charge in [-0.25, -0.2) is 4.98 Å². The Balaban J connectivity index is 2.62. The van der Waals surface area contributed by atoms with Crippen molar-refractivity contribution < 1.29 is 0 Å². The molecule has 0 amide bonds. The van der Waals surface area contributed by atoms with Crippen LogP contribution in [0.2, 0.25) is 0 Å². The largest absolute Gasteiger partial charge is 0.355 e. The fourth-order valence-electron chi connectivity index (χ4n) is 1.30. The molecular weight excluding hydrogens is 174 g/mol. The number of aromatic nitrogens is 2. The molecule has 3 heteroatoms. The Morgan fingerprint density at radius 3 is 2.71 bits per heavy atom. The smallest absolute Gasteiger partial charge is 0.203 e. The molecule has 0 fully saturated rings. The molecule has 0 radical (unpaired) electrons. The SMILES string of the molecule is CCC(C)n1ccnc1NCC(C)C. The van der Waals surface area contributed by atoms with Gasteiger partial charge >= 0.3 is 0 Å². The Morgan fingerprint density at radius 2 is 2.14 bits per heavy atom. The molecule has 1 N–H and O–H groups in total. The van der Waals surface area contributed by atoms with Gasteiger partial charge in [0.05, 0.1) is 0 Å². The van der Waals surface area contributed by atoms with Gasteiger partial charge in [0.2, 0.25) is 5.95 Å². The average molecular weight is 195 g/mol. The summed E-state index contributed by atoms with van der Waals surface area (Å²) in [6, 6.07) is 0.521. The van der Waals surface area contributed by atoms with E-state index in [2.05, 4.69) is 42.6 Å². The number of imidazole rings is 1. The van der Waals surface area contributed by atoms with E-state index in [1.807, 2.05) is 12.4 Å². The molecule has 1 aromatic heterocycles. The summed E-state index contributed by atoms with van der Waals surface area (Å²) in [7, 11) is 0. The number of nitrogens with zero attached hydrogens (tertiary/aromatic N) is 2. The molecular formula is C11H21N3. The number of hydrogen-bond acceptors (Lipinski definition) is 2. The van der Waals surface area contributed by atoms with Crippen LogP contribution in [0.15, 0.2) is 12.4 Å². The highest BCUT2D eigenvalue weighted by Gasteiger charge is 2.07. The highest BCUT2D eigenvalue weighted by Crippen LogP contribution is 2.16. The van der Waals surface area contributed by atoms with E-state index >= 15 is 0 Å². The summed E-state index contributed by atoms with van der Waals surface area (Å²) in [5.74, 6) is 1.64. The zero-order valence-electron chi connectivity index (χ0n) is 9.62. The third kappa shape index (κ3) is 2.76. The Kier molecular flexibility index (Phi) is 3.98. The van der Waals surface area contributed by atoms with Crippen molar-refractivity contribution in [3.63, 3.8) is 0 Å². The third-order valence-corrected chi connectivity index (χ3v) is 2.40. The zero-order chi connectivity index (χ0) is 10.6. The van der Waals surface area contributed by atoms with Crippen LogP contribution in [0.3, 0.4) is 0 Å². The Bertz CT molecular complexity index is 265. The first-order valence-corrected chi connectivity index (χ1v) is 5.41. The second-order valence-electron chi connectivity index (χ2n) is 4.19. The summed E-state index contributed by atoms with van der Waals surface area (Å²) in [6.45, 7) is 9.78. The van der Waals surface area contributed by atoms with Gasteiger partial charge in [0.1, 0.15) is 0 Å². The molecule has 80 valence electrons. The highest BCUT2D eigenvalue weighted by atomic mass is 15.2. The summed E-state index contributed by atoms with van der Waals surface area (Å²) < 4.78 is 2.20. The van der Waals surface area contributed by atoms with Crippen LogP contribution >= 0.6 is 0 Å². The lowest BCUT2D eigenvalue weighted by atomic mass is 10.2. The van der Waals surface area contributed by atoms with Gasteiger partial charge in [0.15, 0.2) is 0 Å². The van der Waals surface area contributed by atoms with Gasteiger partial charge in [-0.05, 0) is 19.3 Å². The number of hydrogen-bond donors (Lipinski definition) is 1. The third-order valence-electron chi connectivity index (χ3n) is 2.40. The van der Waals surface area contributed by atoms with E-state index in [1.54, 1.807) is 0 Å². The summed E-state index contributed by atoms with van der Waals surface area (Å²) in [4.78, 5) is 4.31. The van der Waals surface area contributed by atoms with Crippen molar-refractivity contribution in [2.45, 2.75) is 40.2 Å². The van der Waals surface area contributed by atoms with Crippen LogP contribution in [-0.4, -0.2) is 16.1 Å². The van der Waals surface area contributed by atoms with Crippen molar-refractivity contribution >= 4 is 5.95 Å². The van der Waals surface area contributed by atoms with Crippen LogP contribution in [-0.2, 0) is 0 Å². The van der Waals surface area contributed by atoms with Crippen molar-refractivity contribution in [3.8, 4) is 0 Å².